The van der Waals surface area contributed by atoms with Gasteiger partial charge in [0, 0.05) is 11.2 Å². The quantitative estimate of drug-likeness (QED) is 0.785. The molecule has 0 amide bonds. The van der Waals surface area contributed by atoms with Crippen LogP contribution >= 0.6 is 0 Å². The van der Waals surface area contributed by atoms with E-state index >= 15 is 0 Å². The monoisotopic (exact) mass is 240 g/mol. The van der Waals surface area contributed by atoms with Crippen LogP contribution in [0.25, 0.3) is 0 Å². The van der Waals surface area contributed by atoms with Gasteiger partial charge >= 0.3 is 0 Å². The Bertz CT molecular complexity index is 519. The average molecular weight is 240 g/mol. The minimum atomic E-state index is -3.44. The molecular weight excluding hydrogens is 224 g/mol. The fourth-order valence-electron chi connectivity index (χ4n) is 1.58. The van der Waals surface area contributed by atoms with Gasteiger partial charge in [0.15, 0.2) is 0 Å². The standard InChI is InChI=1S/C11H16N2O2S/c1-8-3-4-9(12)7-10(8)16(14,15)13-11(2)5-6-11/h3-4,7,13H,5-6,12H2,1-2H3. The van der Waals surface area contributed by atoms with E-state index in [2.05, 4.69) is 4.72 Å². The molecule has 0 saturated heterocycles. The van der Waals surface area contributed by atoms with E-state index in [1.165, 1.54) is 6.07 Å². The van der Waals surface area contributed by atoms with E-state index in [4.69, 9.17) is 5.73 Å². The highest BCUT2D eigenvalue weighted by Gasteiger charge is 2.41. The summed E-state index contributed by atoms with van der Waals surface area (Å²) < 4.78 is 26.9. The van der Waals surface area contributed by atoms with Crippen LogP contribution in [0.15, 0.2) is 23.1 Å². The van der Waals surface area contributed by atoms with Gasteiger partial charge < -0.3 is 5.73 Å². The highest BCUT2D eigenvalue weighted by molar-refractivity contribution is 7.89. The van der Waals surface area contributed by atoms with Gasteiger partial charge in [0.1, 0.15) is 0 Å². The molecule has 0 radical (unpaired) electrons. The number of rotatable bonds is 3. The Balaban J connectivity index is 2.38. The summed E-state index contributed by atoms with van der Waals surface area (Å²) in [6.45, 7) is 3.68. The van der Waals surface area contributed by atoms with Crippen LogP contribution in [-0.2, 0) is 10.0 Å². The zero-order chi connectivity index (χ0) is 12.0. The van der Waals surface area contributed by atoms with Gasteiger partial charge in [-0.25, -0.2) is 13.1 Å². The summed E-state index contributed by atoms with van der Waals surface area (Å²) >= 11 is 0. The van der Waals surface area contributed by atoms with Gasteiger partial charge in [-0.05, 0) is 44.4 Å². The molecule has 88 valence electrons. The van der Waals surface area contributed by atoms with Crippen LogP contribution in [0.4, 0.5) is 5.69 Å². The molecule has 1 aliphatic carbocycles. The van der Waals surface area contributed by atoms with Gasteiger partial charge in [0.25, 0.3) is 0 Å². The molecule has 5 heteroatoms. The summed E-state index contributed by atoms with van der Waals surface area (Å²) in [5.74, 6) is 0. The molecule has 1 saturated carbocycles. The fourth-order valence-corrected chi connectivity index (χ4v) is 3.32. The van der Waals surface area contributed by atoms with Gasteiger partial charge in [0.2, 0.25) is 10.0 Å². The van der Waals surface area contributed by atoms with Crippen LogP contribution in [-0.4, -0.2) is 14.0 Å². The van der Waals surface area contributed by atoms with Crippen LogP contribution < -0.4 is 10.5 Å². The Morgan fingerprint density at radius 3 is 2.56 bits per heavy atom. The fraction of sp³-hybridized carbons (Fsp3) is 0.455. The van der Waals surface area contributed by atoms with Crippen molar-refractivity contribution in [3.63, 3.8) is 0 Å². The summed E-state index contributed by atoms with van der Waals surface area (Å²) in [6, 6.07) is 4.93. The molecule has 0 heterocycles. The molecule has 0 unspecified atom stereocenters. The molecule has 0 atom stereocenters. The second-order valence-electron chi connectivity index (χ2n) is 4.69. The highest BCUT2D eigenvalue weighted by atomic mass is 32.2. The summed E-state index contributed by atoms with van der Waals surface area (Å²) in [5.41, 5.74) is 6.54. The first-order valence-corrected chi connectivity index (χ1v) is 6.71. The van der Waals surface area contributed by atoms with E-state index in [1.807, 2.05) is 6.92 Å². The van der Waals surface area contributed by atoms with Gasteiger partial charge in [-0.2, -0.15) is 0 Å². The zero-order valence-electron chi connectivity index (χ0n) is 9.45. The summed E-state index contributed by atoms with van der Waals surface area (Å²) in [4.78, 5) is 0.278. The molecule has 1 aliphatic rings. The van der Waals surface area contributed by atoms with Crippen molar-refractivity contribution in [3.8, 4) is 0 Å². The molecule has 3 N–H and O–H groups in total. The first kappa shape index (κ1) is 11.4. The van der Waals surface area contributed by atoms with Crippen LogP contribution in [0, 0.1) is 6.92 Å². The number of hydrogen-bond donors (Lipinski definition) is 2. The van der Waals surface area contributed by atoms with Crippen molar-refractivity contribution < 1.29 is 8.42 Å². The lowest BCUT2D eigenvalue weighted by atomic mass is 10.2. The minimum absolute atomic E-state index is 0.254. The third kappa shape index (κ3) is 2.20. The van der Waals surface area contributed by atoms with Crippen molar-refractivity contribution in [3.05, 3.63) is 23.8 Å². The Morgan fingerprint density at radius 1 is 1.38 bits per heavy atom. The molecule has 0 aliphatic heterocycles. The minimum Gasteiger partial charge on any atom is -0.399 e. The zero-order valence-corrected chi connectivity index (χ0v) is 10.3. The maximum Gasteiger partial charge on any atom is 0.241 e. The molecule has 0 aromatic heterocycles. The van der Waals surface area contributed by atoms with Crippen molar-refractivity contribution in [2.45, 2.75) is 37.1 Å². The number of benzene rings is 1. The predicted molar refractivity (Wildman–Crippen MR) is 63.6 cm³/mol. The number of hydrogen-bond acceptors (Lipinski definition) is 3. The predicted octanol–water partition coefficient (Wildman–Crippen LogP) is 1.41. The number of nitrogen functional groups attached to an aromatic ring is 1. The molecule has 4 nitrogen and oxygen atoms in total. The van der Waals surface area contributed by atoms with E-state index in [0.717, 1.165) is 12.8 Å². The lowest BCUT2D eigenvalue weighted by Crippen LogP contribution is -2.34. The largest absolute Gasteiger partial charge is 0.399 e. The maximum absolute atomic E-state index is 12.1. The smallest absolute Gasteiger partial charge is 0.241 e. The second kappa shape index (κ2) is 3.46. The van der Waals surface area contributed by atoms with Crippen LogP contribution in [0.1, 0.15) is 25.3 Å². The molecule has 0 bridgehead atoms. The summed E-state index contributed by atoms with van der Waals surface area (Å²) in [7, 11) is -3.44. The van der Waals surface area contributed by atoms with E-state index in [9.17, 15) is 8.42 Å². The Hall–Kier alpha value is -1.07. The van der Waals surface area contributed by atoms with Crippen molar-refractivity contribution in [2.24, 2.45) is 0 Å². The van der Waals surface area contributed by atoms with Gasteiger partial charge in [-0.3, -0.25) is 0 Å². The average Bonchev–Trinajstić information content (AvgIpc) is 2.86. The maximum atomic E-state index is 12.1. The number of nitrogens with two attached hydrogens (primary N) is 1. The van der Waals surface area contributed by atoms with Crippen LogP contribution in [0.5, 0.6) is 0 Å². The molecule has 1 aromatic carbocycles. The number of aryl methyl sites for hydroxylation is 1. The molecular formula is C11H16N2O2S. The van der Waals surface area contributed by atoms with E-state index in [1.54, 1.807) is 19.1 Å². The summed E-state index contributed by atoms with van der Waals surface area (Å²) in [6.07, 6.45) is 1.79. The number of nitrogens with one attached hydrogen (secondary N) is 1. The van der Waals surface area contributed by atoms with Crippen LogP contribution in [0.3, 0.4) is 0 Å². The van der Waals surface area contributed by atoms with Crippen molar-refractivity contribution in [1.82, 2.24) is 4.72 Å². The van der Waals surface area contributed by atoms with E-state index < -0.39 is 10.0 Å². The number of sulfonamides is 1. The van der Waals surface area contributed by atoms with Gasteiger partial charge in [-0.1, -0.05) is 6.07 Å². The lowest BCUT2D eigenvalue weighted by molar-refractivity contribution is 0.557. The van der Waals surface area contributed by atoms with Crippen molar-refractivity contribution in [2.75, 3.05) is 5.73 Å². The Kier molecular flexibility index (Phi) is 2.47. The van der Waals surface area contributed by atoms with Gasteiger partial charge in [0.05, 0.1) is 4.90 Å². The lowest BCUT2D eigenvalue weighted by Gasteiger charge is -2.14. The van der Waals surface area contributed by atoms with E-state index in [-0.39, 0.29) is 10.4 Å². The Morgan fingerprint density at radius 2 is 2.00 bits per heavy atom. The van der Waals surface area contributed by atoms with E-state index in [0.29, 0.717) is 11.3 Å². The highest BCUT2D eigenvalue weighted by Crippen LogP contribution is 2.36. The first-order chi connectivity index (χ1) is 7.32. The molecule has 0 spiro atoms. The van der Waals surface area contributed by atoms with Crippen LogP contribution in [0.2, 0.25) is 0 Å². The SMILES string of the molecule is Cc1ccc(N)cc1S(=O)(=O)NC1(C)CC1. The third-order valence-corrected chi connectivity index (χ3v) is 4.66. The van der Waals surface area contributed by atoms with Crippen molar-refractivity contribution >= 4 is 15.7 Å². The molecule has 2 rings (SSSR count). The van der Waals surface area contributed by atoms with Crippen molar-refractivity contribution in [1.29, 1.82) is 0 Å². The molecule has 16 heavy (non-hydrogen) atoms. The van der Waals surface area contributed by atoms with Gasteiger partial charge in [-0.15, -0.1) is 0 Å². The first-order valence-electron chi connectivity index (χ1n) is 5.23. The summed E-state index contributed by atoms with van der Waals surface area (Å²) in [5, 5.41) is 0. The Labute approximate surface area is 95.9 Å². The normalized spacial score (nSPS) is 18.4. The second-order valence-corrected chi connectivity index (χ2v) is 6.34. The molecule has 1 fully saturated rings. The third-order valence-electron chi connectivity index (χ3n) is 2.88. The topological polar surface area (TPSA) is 72.2 Å². The number of anilines is 1. The molecule has 1 aromatic rings.